The maximum absolute atomic E-state index is 12.0. The van der Waals surface area contributed by atoms with E-state index in [2.05, 4.69) is 17.4 Å². The molecule has 0 aliphatic carbocycles. The fourth-order valence-electron chi connectivity index (χ4n) is 2.42. The zero-order valence-corrected chi connectivity index (χ0v) is 12.3. The second kappa shape index (κ2) is 8.18. The van der Waals surface area contributed by atoms with Gasteiger partial charge in [-0.05, 0) is 37.4 Å². The third-order valence-electron chi connectivity index (χ3n) is 3.62. The van der Waals surface area contributed by atoms with Crippen LogP contribution >= 0.6 is 12.4 Å². The van der Waals surface area contributed by atoms with Gasteiger partial charge >= 0.3 is 0 Å². The largest absolute Gasteiger partial charge is 0.341 e. The molecule has 1 aromatic rings. The molecule has 2 rings (SSSR count). The number of hydrogen-bond donors (Lipinski definition) is 1. The summed E-state index contributed by atoms with van der Waals surface area (Å²) < 4.78 is 0. The summed E-state index contributed by atoms with van der Waals surface area (Å²) in [6.45, 7) is 2.90. The van der Waals surface area contributed by atoms with E-state index in [1.807, 2.05) is 30.1 Å². The Hall–Kier alpha value is -1.06. The first-order chi connectivity index (χ1) is 8.75. The summed E-state index contributed by atoms with van der Waals surface area (Å²) >= 11 is 0. The van der Waals surface area contributed by atoms with Gasteiger partial charge in [-0.1, -0.05) is 30.3 Å². The van der Waals surface area contributed by atoms with Crippen LogP contribution < -0.4 is 5.32 Å². The van der Waals surface area contributed by atoms with Crippen LogP contribution in [0.2, 0.25) is 0 Å². The lowest BCUT2D eigenvalue weighted by atomic mass is 10.0. The van der Waals surface area contributed by atoms with Gasteiger partial charge in [-0.3, -0.25) is 4.79 Å². The molecule has 0 saturated carbocycles. The fourth-order valence-corrected chi connectivity index (χ4v) is 2.42. The molecule has 0 radical (unpaired) electrons. The van der Waals surface area contributed by atoms with Gasteiger partial charge in [0.2, 0.25) is 5.91 Å². The first kappa shape index (κ1) is 16.0. The van der Waals surface area contributed by atoms with Crippen LogP contribution in [0.5, 0.6) is 0 Å². The minimum atomic E-state index is 0. The van der Waals surface area contributed by atoms with Crippen molar-refractivity contribution in [2.75, 3.05) is 20.1 Å². The average Bonchev–Trinajstić information content (AvgIpc) is 2.90. The van der Waals surface area contributed by atoms with Crippen molar-refractivity contribution in [1.29, 1.82) is 0 Å². The van der Waals surface area contributed by atoms with E-state index < -0.39 is 0 Å². The average molecular weight is 283 g/mol. The van der Waals surface area contributed by atoms with Gasteiger partial charge in [-0.2, -0.15) is 0 Å². The number of nitrogens with zero attached hydrogens (tertiary/aromatic N) is 1. The molecule has 1 aromatic carbocycles. The second-order valence-corrected chi connectivity index (χ2v) is 5.13. The molecule has 1 N–H and O–H groups in total. The van der Waals surface area contributed by atoms with Gasteiger partial charge in [0, 0.05) is 20.0 Å². The van der Waals surface area contributed by atoms with E-state index in [1.165, 1.54) is 12.0 Å². The Bertz CT molecular complexity index is 377. The molecule has 1 atom stereocenters. The number of amides is 1. The summed E-state index contributed by atoms with van der Waals surface area (Å²) in [5.41, 5.74) is 1.19. The fraction of sp³-hybridized carbons (Fsp3) is 0.533. The van der Waals surface area contributed by atoms with Crippen LogP contribution in [0.1, 0.15) is 24.8 Å². The number of carbonyl (C=O) groups is 1. The third-order valence-corrected chi connectivity index (χ3v) is 3.62. The highest BCUT2D eigenvalue weighted by molar-refractivity contribution is 5.85. The van der Waals surface area contributed by atoms with E-state index in [9.17, 15) is 4.79 Å². The SMILES string of the molecule is CN(Cc1ccccc1)C(=O)CCC1CCNC1.Cl. The molecule has 106 valence electrons. The zero-order valence-electron chi connectivity index (χ0n) is 11.5. The zero-order chi connectivity index (χ0) is 12.8. The Balaban J connectivity index is 0.00000180. The van der Waals surface area contributed by atoms with Crippen LogP contribution in [0.25, 0.3) is 0 Å². The minimum Gasteiger partial charge on any atom is -0.341 e. The predicted molar refractivity (Wildman–Crippen MR) is 80.4 cm³/mol. The summed E-state index contributed by atoms with van der Waals surface area (Å²) in [6.07, 6.45) is 2.91. The molecular weight excluding hydrogens is 260 g/mol. The van der Waals surface area contributed by atoms with E-state index >= 15 is 0 Å². The van der Waals surface area contributed by atoms with E-state index in [0.29, 0.717) is 18.9 Å². The summed E-state index contributed by atoms with van der Waals surface area (Å²) in [5.74, 6) is 0.949. The first-order valence-corrected chi connectivity index (χ1v) is 6.74. The third kappa shape index (κ3) is 5.21. The minimum absolute atomic E-state index is 0. The molecule has 1 aliphatic rings. The molecule has 0 spiro atoms. The van der Waals surface area contributed by atoms with Crippen molar-refractivity contribution in [3.8, 4) is 0 Å². The molecule has 0 aromatic heterocycles. The molecule has 1 unspecified atom stereocenters. The maximum Gasteiger partial charge on any atom is 0.222 e. The predicted octanol–water partition coefficient (Wildman–Crippen LogP) is 2.46. The quantitative estimate of drug-likeness (QED) is 0.900. The molecule has 1 saturated heterocycles. The van der Waals surface area contributed by atoms with Crippen LogP contribution in [-0.4, -0.2) is 30.9 Å². The number of benzene rings is 1. The lowest BCUT2D eigenvalue weighted by Crippen LogP contribution is -2.26. The van der Waals surface area contributed by atoms with Gasteiger partial charge in [0.25, 0.3) is 0 Å². The molecule has 19 heavy (non-hydrogen) atoms. The Kier molecular flexibility index (Phi) is 6.89. The van der Waals surface area contributed by atoms with Crippen molar-refractivity contribution in [3.63, 3.8) is 0 Å². The van der Waals surface area contributed by atoms with Crippen LogP contribution in [-0.2, 0) is 11.3 Å². The van der Waals surface area contributed by atoms with Gasteiger partial charge in [-0.25, -0.2) is 0 Å². The van der Waals surface area contributed by atoms with Crippen LogP contribution in [0.4, 0.5) is 0 Å². The molecule has 1 amide bonds. The number of halogens is 1. The lowest BCUT2D eigenvalue weighted by Gasteiger charge is -2.18. The standard InChI is InChI=1S/C15H22N2O.ClH/c1-17(12-14-5-3-2-4-6-14)15(18)8-7-13-9-10-16-11-13;/h2-6,13,16H,7-12H2,1H3;1H. The lowest BCUT2D eigenvalue weighted by molar-refractivity contribution is -0.130. The van der Waals surface area contributed by atoms with Crippen molar-refractivity contribution in [2.24, 2.45) is 5.92 Å². The Labute approximate surface area is 121 Å². The molecule has 1 fully saturated rings. The van der Waals surface area contributed by atoms with Crippen LogP contribution in [0, 0.1) is 5.92 Å². The molecule has 0 bridgehead atoms. The molecular formula is C15H23ClN2O. The number of hydrogen-bond acceptors (Lipinski definition) is 2. The Morgan fingerprint density at radius 1 is 1.37 bits per heavy atom. The van der Waals surface area contributed by atoms with Gasteiger partial charge in [0.15, 0.2) is 0 Å². The smallest absolute Gasteiger partial charge is 0.222 e. The molecule has 3 nitrogen and oxygen atoms in total. The Morgan fingerprint density at radius 3 is 2.74 bits per heavy atom. The van der Waals surface area contributed by atoms with Crippen molar-refractivity contribution in [2.45, 2.75) is 25.8 Å². The van der Waals surface area contributed by atoms with E-state index in [-0.39, 0.29) is 18.3 Å². The number of carbonyl (C=O) groups excluding carboxylic acids is 1. The monoisotopic (exact) mass is 282 g/mol. The molecule has 4 heteroatoms. The van der Waals surface area contributed by atoms with E-state index in [0.717, 1.165) is 19.5 Å². The van der Waals surface area contributed by atoms with E-state index in [4.69, 9.17) is 0 Å². The van der Waals surface area contributed by atoms with E-state index in [1.54, 1.807) is 0 Å². The normalized spacial score (nSPS) is 17.8. The number of rotatable bonds is 5. The summed E-state index contributed by atoms with van der Waals surface area (Å²) in [4.78, 5) is 13.8. The summed E-state index contributed by atoms with van der Waals surface area (Å²) in [7, 11) is 1.89. The first-order valence-electron chi connectivity index (χ1n) is 6.74. The highest BCUT2D eigenvalue weighted by Gasteiger charge is 2.17. The van der Waals surface area contributed by atoms with Gasteiger partial charge < -0.3 is 10.2 Å². The Morgan fingerprint density at radius 2 is 2.11 bits per heavy atom. The highest BCUT2D eigenvalue weighted by Crippen LogP contribution is 2.15. The summed E-state index contributed by atoms with van der Waals surface area (Å²) in [5, 5.41) is 3.34. The summed E-state index contributed by atoms with van der Waals surface area (Å²) in [6, 6.07) is 10.1. The van der Waals surface area contributed by atoms with Crippen molar-refractivity contribution in [3.05, 3.63) is 35.9 Å². The maximum atomic E-state index is 12.0. The second-order valence-electron chi connectivity index (χ2n) is 5.13. The molecule has 1 heterocycles. The van der Waals surface area contributed by atoms with Gasteiger partial charge in [-0.15, -0.1) is 12.4 Å². The van der Waals surface area contributed by atoms with Gasteiger partial charge in [0.1, 0.15) is 0 Å². The van der Waals surface area contributed by atoms with Crippen molar-refractivity contribution in [1.82, 2.24) is 10.2 Å². The van der Waals surface area contributed by atoms with Crippen LogP contribution in [0.3, 0.4) is 0 Å². The van der Waals surface area contributed by atoms with Crippen molar-refractivity contribution >= 4 is 18.3 Å². The van der Waals surface area contributed by atoms with Gasteiger partial charge in [0.05, 0.1) is 0 Å². The highest BCUT2D eigenvalue weighted by atomic mass is 35.5. The topological polar surface area (TPSA) is 32.3 Å². The molecule has 1 aliphatic heterocycles. The number of nitrogens with one attached hydrogen (secondary N) is 1. The van der Waals surface area contributed by atoms with Crippen molar-refractivity contribution < 1.29 is 4.79 Å². The van der Waals surface area contributed by atoms with Crippen LogP contribution in [0.15, 0.2) is 30.3 Å².